The van der Waals surface area contributed by atoms with Gasteiger partial charge < -0.3 is 4.74 Å². The van der Waals surface area contributed by atoms with Crippen LogP contribution in [0, 0.1) is 0 Å². The average molecular weight is 243 g/mol. The third-order valence-corrected chi connectivity index (χ3v) is 2.80. The maximum atomic E-state index is 12.1. The molecule has 0 unspecified atom stereocenters. The van der Waals surface area contributed by atoms with Crippen LogP contribution in [-0.4, -0.2) is 24.0 Å². The van der Waals surface area contributed by atoms with E-state index in [1.807, 2.05) is 24.3 Å². The molecule has 3 nitrogen and oxygen atoms in total. The van der Waals surface area contributed by atoms with Gasteiger partial charge in [-0.3, -0.25) is 9.78 Å². The molecule has 2 aromatic rings. The van der Waals surface area contributed by atoms with Gasteiger partial charge in [-0.15, -0.1) is 0 Å². The quantitative estimate of drug-likeness (QED) is 0.577. The summed E-state index contributed by atoms with van der Waals surface area (Å²) in [5.41, 5.74) is 0.759. The van der Waals surface area contributed by atoms with Crippen LogP contribution < -0.4 is 0 Å². The van der Waals surface area contributed by atoms with Crippen LogP contribution in [0.1, 0.15) is 30.1 Å². The van der Waals surface area contributed by atoms with Crippen LogP contribution in [0.2, 0.25) is 0 Å². The summed E-state index contributed by atoms with van der Waals surface area (Å²) in [6.07, 6.45) is 4.90. The zero-order valence-corrected chi connectivity index (χ0v) is 10.6. The highest BCUT2D eigenvalue weighted by molar-refractivity contribution is 6.07. The van der Waals surface area contributed by atoms with Gasteiger partial charge in [0.15, 0.2) is 5.78 Å². The van der Waals surface area contributed by atoms with Crippen molar-refractivity contribution in [1.29, 1.82) is 0 Å². The van der Waals surface area contributed by atoms with Gasteiger partial charge in [0, 0.05) is 36.4 Å². The van der Waals surface area contributed by atoms with Crippen LogP contribution >= 0.6 is 0 Å². The van der Waals surface area contributed by atoms with Gasteiger partial charge in [-0.05, 0) is 17.9 Å². The molecule has 0 saturated carbocycles. The van der Waals surface area contributed by atoms with Gasteiger partial charge in [0.25, 0.3) is 0 Å². The second-order valence-corrected chi connectivity index (χ2v) is 4.19. The second-order valence-electron chi connectivity index (χ2n) is 4.19. The molecule has 1 aromatic carbocycles. The van der Waals surface area contributed by atoms with Crippen molar-refractivity contribution in [3.63, 3.8) is 0 Å². The van der Waals surface area contributed by atoms with E-state index in [1.165, 1.54) is 0 Å². The predicted octanol–water partition coefficient (Wildman–Crippen LogP) is 3.23. The molecule has 0 aliphatic carbocycles. The number of aromatic nitrogens is 1. The third-order valence-electron chi connectivity index (χ3n) is 2.80. The SMILES string of the molecule is CCCOCCC(=O)c1cccc2cnccc12. The van der Waals surface area contributed by atoms with Crippen LogP contribution in [0.5, 0.6) is 0 Å². The van der Waals surface area contributed by atoms with Gasteiger partial charge in [-0.2, -0.15) is 0 Å². The van der Waals surface area contributed by atoms with Crippen molar-refractivity contribution in [2.45, 2.75) is 19.8 Å². The molecule has 18 heavy (non-hydrogen) atoms. The Morgan fingerprint density at radius 2 is 2.17 bits per heavy atom. The molecule has 0 fully saturated rings. The lowest BCUT2D eigenvalue weighted by atomic mass is 10.0. The number of carbonyl (C=O) groups is 1. The molecule has 0 bridgehead atoms. The average Bonchev–Trinajstić information content (AvgIpc) is 2.43. The number of nitrogens with zero attached hydrogens (tertiary/aromatic N) is 1. The van der Waals surface area contributed by atoms with Gasteiger partial charge >= 0.3 is 0 Å². The molecule has 3 heteroatoms. The van der Waals surface area contributed by atoms with Crippen LogP contribution in [0.3, 0.4) is 0 Å². The Kier molecular flexibility index (Phi) is 4.42. The van der Waals surface area contributed by atoms with Gasteiger partial charge in [-0.25, -0.2) is 0 Å². The number of hydrogen-bond acceptors (Lipinski definition) is 3. The van der Waals surface area contributed by atoms with E-state index >= 15 is 0 Å². The Bertz CT molecular complexity index is 532. The molecule has 0 radical (unpaired) electrons. The first-order chi connectivity index (χ1) is 8.83. The Morgan fingerprint density at radius 3 is 3.00 bits per heavy atom. The number of hydrogen-bond donors (Lipinski definition) is 0. The largest absolute Gasteiger partial charge is 0.381 e. The molecular weight excluding hydrogens is 226 g/mol. The summed E-state index contributed by atoms with van der Waals surface area (Å²) in [7, 11) is 0. The topological polar surface area (TPSA) is 39.2 Å². The Hall–Kier alpha value is -1.74. The number of ether oxygens (including phenoxy) is 1. The van der Waals surface area contributed by atoms with Crippen molar-refractivity contribution in [2.75, 3.05) is 13.2 Å². The number of fused-ring (bicyclic) bond motifs is 1. The summed E-state index contributed by atoms with van der Waals surface area (Å²) < 4.78 is 5.35. The van der Waals surface area contributed by atoms with Crippen molar-refractivity contribution in [3.05, 3.63) is 42.2 Å². The van der Waals surface area contributed by atoms with Crippen molar-refractivity contribution in [1.82, 2.24) is 4.98 Å². The van der Waals surface area contributed by atoms with E-state index in [-0.39, 0.29) is 5.78 Å². The molecule has 0 aliphatic heterocycles. The highest BCUT2D eigenvalue weighted by Gasteiger charge is 2.09. The first kappa shape index (κ1) is 12.7. The fourth-order valence-electron chi connectivity index (χ4n) is 1.91. The van der Waals surface area contributed by atoms with E-state index in [4.69, 9.17) is 4.74 Å². The molecule has 0 aliphatic rings. The summed E-state index contributed by atoms with van der Waals surface area (Å²) in [5, 5.41) is 1.96. The van der Waals surface area contributed by atoms with Crippen LogP contribution in [-0.2, 0) is 4.74 Å². The maximum Gasteiger partial charge on any atom is 0.165 e. The van der Waals surface area contributed by atoms with E-state index in [0.717, 1.165) is 22.8 Å². The fourth-order valence-corrected chi connectivity index (χ4v) is 1.91. The molecule has 0 atom stereocenters. The fraction of sp³-hybridized carbons (Fsp3) is 0.333. The zero-order chi connectivity index (χ0) is 12.8. The number of ketones is 1. The third kappa shape index (κ3) is 2.93. The van der Waals surface area contributed by atoms with Crippen molar-refractivity contribution in [2.24, 2.45) is 0 Å². The summed E-state index contributed by atoms with van der Waals surface area (Å²) in [6.45, 7) is 3.26. The molecule has 0 spiro atoms. The van der Waals surface area contributed by atoms with Gasteiger partial charge in [-0.1, -0.05) is 25.1 Å². The van der Waals surface area contributed by atoms with Gasteiger partial charge in [0.05, 0.1) is 6.61 Å². The van der Waals surface area contributed by atoms with Crippen molar-refractivity contribution in [3.8, 4) is 0 Å². The summed E-state index contributed by atoms with van der Waals surface area (Å²) >= 11 is 0. The minimum Gasteiger partial charge on any atom is -0.381 e. The Labute approximate surface area is 107 Å². The Morgan fingerprint density at radius 1 is 1.28 bits per heavy atom. The van der Waals surface area contributed by atoms with Crippen LogP contribution in [0.4, 0.5) is 0 Å². The highest BCUT2D eigenvalue weighted by atomic mass is 16.5. The lowest BCUT2D eigenvalue weighted by Crippen LogP contribution is -2.06. The summed E-state index contributed by atoms with van der Waals surface area (Å²) in [4.78, 5) is 16.2. The summed E-state index contributed by atoms with van der Waals surface area (Å²) in [6, 6.07) is 7.61. The number of Topliss-reactive ketones (excluding diaryl/α,β-unsaturated/α-hetero) is 1. The number of pyridine rings is 1. The predicted molar refractivity (Wildman–Crippen MR) is 71.8 cm³/mol. The normalized spacial score (nSPS) is 10.7. The van der Waals surface area contributed by atoms with Crippen molar-refractivity contribution < 1.29 is 9.53 Å². The van der Waals surface area contributed by atoms with E-state index in [9.17, 15) is 4.79 Å². The summed E-state index contributed by atoms with van der Waals surface area (Å²) in [5.74, 6) is 0.128. The van der Waals surface area contributed by atoms with E-state index in [1.54, 1.807) is 12.4 Å². The smallest absolute Gasteiger partial charge is 0.165 e. The first-order valence-corrected chi connectivity index (χ1v) is 6.26. The van der Waals surface area contributed by atoms with Gasteiger partial charge in [0.2, 0.25) is 0 Å². The number of carbonyl (C=O) groups excluding carboxylic acids is 1. The van der Waals surface area contributed by atoms with Crippen LogP contribution in [0.25, 0.3) is 10.8 Å². The number of rotatable bonds is 6. The minimum atomic E-state index is 0.128. The number of benzene rings is 1. The molecule has 1 heterocycles. The van der Waals surface area contributed by atoms with E-state index in [0.29, 0.717) is 19.6 Å². The van der Waals surface area contributed by atoms with Gasteiger partial charge in [0.1, 0.15) is 0 Å². The lowest BCUT2D eigenvalue weighted by Gasteiger charge is -2.05. The minimum absolute atomic E-state index is 0.128. The first-order valence-electron chi connectivity index (χ1n) is 6.26. The molecule has 1 aromatic heterocycles. The molecule has 0 N–H and O–H groups in total. The van der Waals surface area contributed by atoms with Crippen LogP contribution in [0.15, 0.2) is 36.7 Å². The maximum absolute atomic E-state index is 12.1. The zero-order valence-electron chi connectivity index (χ0n) is 10.6. The molecular formula is C15H17NO2. The van der Waals surface area contributed by atoms with E-state index < -0.39 is 0 Å². The standard InChI is InChI=1S/C15H17NO2/c1-2-9-18-10-7-15(17)14-5-3-4-12-11-16-8-6-13(12)14/h3-6,8,11H,2,7,9-10H2,1H3. The van der Waals surface area contributed by atoms with E-state index in [2.05, 4.69) is 11.9 Å². The molecule has 0 saturated heterocycles. The Balaban J connectivity index is 2.13. The second kappa shape index (κ2) is 6.26. The molecule has 0 amide bonds. The monoisotopic (exact) mass is 243 g/mol. The molecule has 2 rings (SSSR count). The molecule has 94 valence electrons. The highest BCUT2D eigenvalue weighted by Crippen LogP contribution is 2.18. The van der Waals surface area contributed by atoms with Crippen molar-refractivity contribution >= 4 is 16.6 Å². The lowest BCUT2D eigenvalue weighted by molar-refractivity contribution is 0.0880.